The van der Waals surface area contributed by atoms with E-state index in [2.05, 4.69) is 0 Å². The second-order valence-electron chi connectivity index (χ2n) is 8.63. The standard InChI is InChI=1S/C26H24ClFN2O4S/c1-17(2)18-7-11-21(12-8-18)30-25(31)15-24(26(30)32)29(16-19-5-3-4-6-23(19)27)35(33,34)22-13-9-20(28)10-14-22/h3-14,17,24H,15-16H2,1-2H3. The van der Waals surface area contributed by atoms with Gasteiger partial charge in [-0.25, -0.2) is 17.7 Å². The van der Waals surface area contributed by atoms with E-state index >= 15 is 0 Å². The van der Waals surface area contributed by atoms with Crippen LogP contribution in [0.1, 0.15) is 37.3 Å². The third-order valence-corrected chi connectivity index (χ3v) is 8.23. The van der Waals surface area contributed by atoms with Crippen LogP contribution in [-0.4, -0.2) is 30.6 Å². The molecule has 0 radical (unpaired) electrons. The summed E-state index contributed by atoms with van der Waals surface area (Å²) < 4.78 is 41.7. The first-order valence-corrected chi connectivity index (χ1v) is 12.9. The normalized spacial score (nSPS) is 16.5. The van der Waals surface area contributed by atoms with Crippen molar-refractivity contribution in [1.82, 2.24) is 4.31 Å². The largest absolute Gasteiger partial charge is 0.274 e. The first kappa shape index (κ1) is 25.0. The zero-order valence-corrected chi connectivity index (χ0v) is 20.8. The number of imide groups is 1. The van der Waals surface area contributed by atoms with E-state index in [4.69, 9.17) is 11.6 Å². The highest BCUT2D eigenvalue weighted by Gasteiger charge is 2.47. The Morgan fingerprint density at radius 1 is 1.00 bits per heavy atom. The van der Waals surface area contributed by atoms with Crippen molar-refractivity contribution in [2.24, 2.45) is 0 Å². The predicted molar refractivity (Wildman–Crippen MR) is 132 cm³/mol. The third kappa shape index (κ3) is 5.00. The average molecular weight is 515 g/mol. The number of anilines is 1. The maximum absolute atomic E-state index is 13.6. The number of carbonyl (C=O) groups excluding carboxylic acids is 2. The van der Waals surface area contributed by atoms with Gasteiger partial charge in [-0.2, -0.15) is 4.31 Å². The smallest absolute Gasteiger partial charge is 0.252 e. The minimum Gasteiger partial charge on any atom is -0.274 e. The van der Waals surface area contributed by atoms with Crippen molar-refractivity contribution in [2.75, 3.05) is 4.90 Å². The molecule has 9 heteroatoms. The Morgan fingerprint density at radius 3 is 2.23 bits per heavy atom. The topological polar surface area (TPSA) is 74.8 Å². The molecule has 1 aliphatic rings. The molecule has 0 aromatic heterocycles. The summed E-state index contributed by atoms with van der Waals surface area (Å²) in [6.45, 7) is 3.83. The maximum atomic E-state index is 13.6. The fourth-order valence-corrected chi connectivity index (χ4v) is 5.77. The van der Waals surface area contributed by atoms with Crippen LogP contribution in [0, 0.1) is 5.82 Å². The van der Waals surface area contributed by atoms with E-state index < -0.39 is 33.7 Å². The molecular weight excluding hydrogens is 491 g/mol. The van der Waals surface area contributed by atoms with Gasteiger partial charge in [-0.05, 0) is 59.5 Å². The Bertz CT molecular complexity index is 1360. The van der Waals surface area contributed by atoms with Gasteiger partial charge in [0.1, 0.15) is 11.9 Å². The first-order valence-electron chi connectivity index (χ1n) is 11.1. The van der Waals surface area contributed by atoms with Gasteiger partial charge in [0.05, 0.1) is 17.0 Å². The Kier molecular flexibility index (Phi) is 7.07. The molecule has 0 saturated carbocycles. The van der Waals surface area contributed by atoms with Gasteiger partial charge >= 0.3 is 0 Å². The quantitative estimate of drug-likeness (QED) is 0.410. The van der Waals surface area contributed by atoms with Crippen molar-refractivity contribution in [3.05, 3.63) is 94.8 Å². The molecular formula is C26H24ClFN2O4S. The van der Waals surface area contributed by atoms with Gasteiger partial charge < -0.3 is 0 Å². The summed E-state index contributed by atoms with van der Waals surface area (Å²) in [6, 6.07) is 16.8. The lowest BCUT2D eigenvalue weighted by molar-refractivity contribution is -0.122. The van der Waals surface area contributed by atoms with Crippen LogP contribution in [0.4, 0.5) is 10.1 Å². The molecule has 4 rings (SSSR count). The fourth-order valence-electron chi connectivity index (χ4n) is 4.02. The molecule has 0 N–H and O–H groups in total. The SMILES string of the molecule is CC(C)c1ccc(N2C(=O)CC(N(Cc3ccccc3Cl)S(=O)(=O)c3ccc(F)cc3)C2=O)cc1. The lowest BCUT2D eigenvalue weighted by atomic mass is 10.0. The summed E-state index contributed by atoms with van der Waals surface area (Å²) in [4.78, 5) is 27.3. The van der Waals surface area contributed by atoms with Gasteiger partial charge in [0.15, 0.2) is 0 Å². The summed E-state index contributed by atoms with van der Waals surface area (Å²) in [5.74, 6) is -1.47. The summed E-state index contributed by atoms with van der Waals surface area (Å²) in [6.07, 6.45) is -0.324. The molecule has 1 aliphatic heterocycles. The maximum Gasteiger partial charge on any atom is 0.252 e. The summed E-state index contributed by atoms with van der Waals surface area (Å²) in [7, 11) is -4.29. The van der Waals surface area contributed by atoms with Crippen molar-refractivity contribution in [2.45, 2.75) is 43.7 Å². The molecule has 1 saturated heterocycles. The van der Waals surface area contributed by atoms with Crippen LogP contribution < -0.4 is 4.90 Å². The highest BCUT2D eigenvalue weighted by atomic mass is 35.5. The molecule has 1 fully saturated rings. The van der Waals surface area contributed by atoms with Gasteiger partial charge in [-0.15, -0.1) is 0 Å². The number of amides is 2. The van der Waals surface area contributed by atoms with E-state index in [1.807, 2.05) is 26.0 Å². The molecule has 35 heavy (non-hydrogen) atoms. The van der Waals surface area contributed by atoms with Gasteiger partial charge in [-0.3, -0.25) is 9.59 Å². The number of hydrogen-bond acceptors (Lipinski definition) is 4. The summed E-state index contributed by atoms with van der Waals surface area (Å²) in [5.41, 5.74) is 1.90. The molecule has 1 heterocycles. The highest BCUT2D eigenvalue weighted by molar-refractivity contribution is 7.89. The molecule has 3 aromatic rings. The number of rotatable bonds is 7. The predicted octanol–water partition coefficient (Wildman–Crippen LogP) is 5.13. The first-order chi connectivity index (χ1) is 16.6. The number of carbonyl (C=O) groups is 2. The second-order valence-corrected chi connectivity index (χ2v) is 10.9. The van der Waals surface area contributed by atoms with Gasteiger partial charge in [0.25, 0.3) is 5.91 Å². The van der Waals surface area contributed by atoms with Gasteiger partial charge in [0, 0.05) is 11.6 Å². The molecule has 182 valence electrons. The molecule has 1 unspecified atom stereocenters. The third-order valence-electron chi connectivity index (χ3n) is 5.99. The van der Waals surface area contributed by atoms with E-state index in [-0.39, 0.29) is 23.8 Å². The summed E-state index contributed by atoms with van der Waals surface area (Å²) >= 11 is 6.29. The Morgan fingerprint density at radius 2 is 1.63 bits per heavy atom. The monoisotopic (exact) mass is 514 g/mol. The Hall–Kier alpha value is -3.07. The zero-order chi connectivity index (χ0) is 25.3. The van der Waals surface area contributed by atoms with Crippen LogP contribution in [0.15, 0.2) is 77.7 Å². The lowest BCUT2D eigenvalue weighted by Gasteiger charge is -2.27. The zero-order valence-electron chi connectivity index (χ0n) is 19.2. The highest BCUT2D eigenvalue weighted by Crippen LogP contribution is 2.32. The molecule has 2 amide bonds. The number of benzene rings is 3. The molecule has 0 aliphatic carbocycles. The van der Waals surface area contributed by atoms with Crippen molar-refractivity contribution >= 4 is 39.1 Å². The van der Waals surface area contributed by atoms with Crippen molar-refractivity contribution in [3.63, 3.8) is 0 Å². The second kappa shape index (κ2) is 9.89. The number of nitrogens with zero attached hydrogens (tertiary/aromatic N) is 2. The van der Waals surface area contributed by atoms with E-state index in [1.54, 1.807) is 36.4 Å². The molecule has 0 spiro atoms. The van der Waals surface area contributed by atoms with E-state index in [0.29, 0.717) is 16.3 Å². The van der Waals surface area contributed by atoms with Crippen LogP contribution in [-0.2, 0) is 26.2 Å². The average Bonchev–Trinajstić information content (AvgIpc) is 3.12. The summed E-state index contributed by atoms with van der Waals surface area (Å²) in [5, 5.41) is 0.324. The molecule has 3 aromatic carbocycles. The van der Waals surface area contributed by atoms with Crippen LogP contribution >= 0.6 is 11.6 Å². The molecule has 6 nitrogen and oxygen atoms in total. The van der Waals surface area contributed by atoms with Crippen molar-refractivity contribution in [3.8, 4) is 0 Å². The van der Waals surface area contributed by atoms with Gasteiger partial charge in [-0.1, -0.05) is 55.8 Å². The van der Waals surface area contributed by atoms with Crippen LogP contribution in [0.25, 0.3) is 0 Å². The fraction of sp³-hybridized carbons (Fsp3) is 0.231. The molecule has 0 bridgehead atoms. The van der Waals surface area contributed by atoms with E-state index in [9.17, 15) is 22.4 Å². The Labute approximate surface area is 209 Å². The van der Waals surface area contributed by atoms with Gasteiger partial charge in [0.2, 0.25) is 15.9 Å². The number of halogens is 2. The van der Waals surface area contributed by atoms with E-state index in [1.165, 1.54) is 0 Å². The number of hydrogen-bond donors (Lipinski definition) is 0. The lowest BCUT2D eigenvalue weighted by Crippen LogP contribution is -2.45. The van der Waals surface area contributed by atoms with Crippen molar-refractivity contribution in [1.29, 1.82) is 0 Å². The van der Waals surface area contributed by atoms with Crippen LogP contribution in [0.5, 0.6) is 0 Å². The molecule has 1 atom stereocenters. The minimum absolute atomic E-state index is 0.189. The van der Waals surface area contributed by atoms with Crippen LogP contribution in [0.3, 0.4) is 0 Å². The van der Waals surface area contributed by atoms with Crippen molar-refractivity contribution < 1.29 is 22.4 Å². The van der Waals surface area contributed by atoms with E-state index in [0.717, 1.165) is 39.0 Å². The Balaban J connectivity index is 1.74. The van der Waals surface area contributed by atoms with Crippen LogP contribution in [0.2, 0.25) is 5.02 Å². The number of sulfonamides is 1. The minimum atomic E-state index is -4.29.